The summed E-state index contributed by atoms with van der Waals surface area (Å²) in [6.07, 6.45) is 1.49. The van der Waals surface area contributed by atoms with E-state index in [4.69, 9.17) is 4.74 Å². The zero-order valence-electron chi connectivity index (χ0n) is 16.9. The number of carbonyl (C=O) groups excluding carboxylic acids is 2. The normalized spacial score (nSPS) is 12.7. The van der Waals surface area contributed by atoms with E-state index in [-0.39, 0.29) is 17.7 Å². The lowest BCUT2D eigenvalue weighted by atomic mass is 9.98. The van der Waals surface area contributed by atoms with Crippen molar-refractivity contribution >= 4 is 11.8 Å². The molecule has 2 N–H and O–H groups in total. The fourth-order valence-corrected chi connectivity index (χ4v) is 2.80. The van der Waals surface area contributed by atoms with E-state index < -0.39 is 6.04 Å². The van der Waals surface area contributed by atoms with Crippen LogP contribution in [0.15, 0.2) is 54.6 Å². The van der Waals surface area contributed by atoms with Gasteiger partial charge in [-0.25, -0.2) is 0 Å². The summed E-state index contributed by atoms with van der Waals surface area (Å²) in [4.78, 5) is 25.1. The van der Waals surface area contributed by atoms with E-state index in [2.05, 4.69) is 10.6 Å². The molecule has 5 heteroatoms. The van der Waals surface area contributed by atoms with Crippen molar-refractivity contribution in [3.05, 3.63) is 65.7 Å². The van der Waals surface area contributed by atoms with E-state index in [1.165, 1.54) is 0 Å². The third-order valence-corrected chi connectivity index (χ3v) is 4.70. The molecule has 2 aromatic carbocycles. The number of benzene rings is 2. The van der Waals surface area contributed by atoms with Crippen LogP contribution in [0.5, 0.6) is 5.75 Å². The Hall–Kier alpha value is -2.82. The maximum atomic E-state index is 12.6. The van der Waals surface area contributed by atoms with Crippen LogP contribution in [0.4, 0.5) is 0 Å². The molecule has 0 unspecified atom stereocenters. The van der Waals surface area contributed by atoms with E-state index in [1.807, 2.05) is 63.2 Å². The van der Waals surface area contributed by atoms with E-state index >= 15 is 0 Å². The number of hydrogen-bond acceptors (Lipinski definition) is 3. The molecule has 2 rings (SSSR count). The molecule has 2 atom stereocenters. The zero-order chi connectivity index (χ0) is 20.4. The molecule has 0 spiro atoms. The fourth-order valence-electron chi connectivity index (χ4n) is 2.80. The topological polar surface area (TPSA) is 67.4 Å². The highest BCUT2D eigenvalue weighted by molar-refractivity contribution is 5.97. The molecule has 5 nitrogen and oxygen atoms in total. The Bertz CT molecular complexity index is 761. The van der Waals surface area contributed by atoms with Crippen LogP contribution in [-0.4, -0.2) is 31.0 Å². The minimum absolute atomic E-state index is 0.0382. The van der Waals surface area contributed by atoms with E-state index in [1.54, 1.807) is 12.1 Å². The first-order chi connectivity index (χ1) is 13.5. The van der Waals surface area contributed by atoms with Gasteiger partial charge in [0, 0.05) is 12.1 Å². The Balaban J connectivity index is 1.81. The molecular weight excluding hydrogens is 352 g/mol. The molecular formula is C23H30N2O3. The third kappa shape index (κ3) is 6.72. The number of carbonyl (C=O) groups is 2. The highest BCUT2D eigenvalue weighted by atomic mass is 16.5. The van der Waals surface area contributed by atoms with Gasteiger partial charge in [-0.3, -0.25) is 9.59 Å². The lowest BCUT2D eigenvalue weighted by Gasteiger charge is -2.23. The first-order valence-electron chi connectivity index (χ1n) is 9.84. The van der Waals surface area contributed by atoms with Crippen LogP contribution in [0.1, 0.15) is 42.6 Å². The summed E-state index contributed by atoms with van der Waals surface area (Å²) >= 11 is 0. The molecule has 150 valence electrons. The minimum atomic E-state index is -0.560. The maximum Gasteiger partial charge on any atom is 0.251 e. The molecule has 0 heterocycles. The summed E-state index contributed by atoms with van der Waals surface area (Å²) in [5, 5.41) is 5.79. The van der Waals surface area contributed by atoms with E-state index in [0.717, 1.165) is 17.7 Å². The van der Waals surface area contributed by atoms with Gasteiger partial charge in [0.05, 0.1) is 6.61 Å². The molecule has 0 aliphatic heterocycles. The van der Waals surface area contributed by atoms with Gasteiger partial charge < -0.3 is 15.4 Å². The summed E-state index contributed by atoms with van der Waals surface area (Å²) in [6.45, 7) is 7.02. The number of rotatable bonds is 10. The molecule has 0 saturated heterocycles. The van der Waals surface area contributed by atoms with Gasteiger partial charge in [-0.05, 0) is 49.1 Å². The molecule has 0 aliphatic rings. The standard InChI is InChI=1S/C23H30N2O3/c1-4-18(3)21(25-22(26)19-11-6-5-7-12-19)23(27)24-14-9-15-28-20-13-8-10-17(2)16-20/h5-8,10-13,16,18,21H,4,9,14-15H2,1-3H3,(H,24,27)(H,25,26)/t18-,21-/m0/s1. The van der Waals surface area contributed by atoms with Crippen molar-refractivity contribution in [2.24, 2.45) is 5.92 Å². The average Bonchev–Trinajstić information content (AvgIpc) is 2.71. The van der Waals surface area contributed by atoms with Crippen LogP contribution in [0, 0.1) is 12.8 Å². The van der Waals surface area contributed by atoms with Crippen LogP contribution in [0.2, 0.25) is 0 Å². The largest absolute Gasteiger partial charge is 0.494 e. The predicted molar refractivity (Wildman–Crippen MR) is 111 cm³/mol. The van der Waals surface area contributed by atoms with Crippen LogP contribution in [0.25, 0.3) is 0 Å². The van der Waals surface area contributed by atoms with Crippen molar-refractivity contribution in [1.29, 1.82) is 0 Å². The van der Waals surface area contributed by atoms with Crippen molar-refractivity contribution in [2.45, 2.75) is 39.7 Å². The summed E-state index contributed by atoms with van der Waals surface area (Å²) in [5.41, 5.74) is 1.70. The molecule has 0 radical (unpaired) electrons. The number of hydrogen-bond donors (Lipinski definition) is 2. The molecule has 0 aliphatic carbocycles. The average molecular weight is 383 g/mol. The zero-order valence-corrected chi connectivity index (χ0v) is 16.9. The van der Waals surface area contributed by atoms with E-state index in [0.29, 0.717) is 25.1 Å². The summed E-state index contributed by atoms with van der Waals surface area (Å²) in [5.74, 6) is 0.480. The van der Waals surface area contributed by atoms with Gasteiger partial charge >= 0.3 is 0 Å². The quantitative estimate of drug-likeness (QED) is 0.616. The number of amides is 2. The van der Waals surface area contributed by atoms with Gasteiger partial charge in [-0.1, -0.05) is 50.6 Å². The maximum absolute atomic E-state index is 12.6. The summed E-state index contributed by atoms with van der Waals surface area (Å²) < 4.78 is 5.70. The Labute approximate surface area is 167 Å². The van der Waals surface area contributed by atoms with Gasteiger partial charge in [0.2, 0.25) is 5.91 Å². The predicted octanol–water partition coefficient (Wildman–Crippen LogP) is 3.72. The number of aryl methyl sites for hydroxylation is 1. The molecule has 0 aromatic heterocycles. The molecule has 28 heavy (non-hydrogen) atoms. The van der Waals surface area contributed by atoms with Gasteiger partial charge in [-0.2, -0.15) is 0 Å². The van der Waals surface area contributed by atoms with Crippen LogP contribution < -0.4 is 15.4 Å². The first kappa shape index (κ1) is 21.5. The second kappa shape index (κ2) is 11.1. The van der Waals surface area contributed by atoms with Crippen LogP contribution >= 0.6 is 0 Å². The molecule has 0 fully saturated rings. The van der Waals surface area contributed by atoms with Crippen molar-refractivity contribution in [3.8, 4) is 5.75 Å². The molecule has 0 bridgehead atoms. The molecule has 2 aromatic rings. The van der Waals surface area contributed by atoms with Gasteiger partial charge in [0.1, 0.15) is 11.8 Å². The Kier molecular flexibility index (Phi) is 8.53. The monoisotopic (exact) mass is 382 g/mol. The van der Waals surface area contributed by atoms with Gasteiger partial charge in [0.15, 0.2) is 0 Å². The minimum Gasteiger partial charge on any atom is -0.494 e. The highest BCUT2D eigenvalue weighted by Crippen LogP contribution is 2.12. The number of nitrogens with one attached hydrogen (secondary N) is 2. The Morgan fingerprint density at radius 3 is 2.50 bits per heavy atom. The SMILES string of the molecule is CC[C@H](C)[C@H](NC(=O)c1ccccc1)C(=O)NCCCOc1cccc(C)c1. The second-order valence-corrected chi connectivity index (χ2v) is 7.01. The van der Waals surface area contributed by atoms with Gasteiger partial charge in [-0.15, -0.1) is 0 Å². The van der Waals surface area contributed by atoms with Crippen molar-refractivity contribution < 1.29 is 14.3 Å². The lowest BCUT2D eigenvalue weighted by molar-refractivity contribution is -0.124. The first-order valence-corrected chi connectivity index (χ1v) is 9.84. The van der Waals surface area contributed by atoms with E-state index in [9.17, 15) is 9.59 Å². The van der Waals surface area contributed by atoms with Crippen LogP contribution in [0.3, 0.4) is 0 Å². The Morgan fingerprint density at radius 1 is 1.07 bits per heavy atom. The van der Waals surface area contributed by atoms with Crippen molar-refractivity contribution in [3.63, 3.8) is 0 Å². The van der Waals surface area contributed by atoms with Crippen molar-refractivity contribution in [2.75, 3.05) is 13.2 Å². The Morgan fingerprint density at radius 2 is 1.82 bits per heavy atom. The summed E-state index contributed by atoms with van der Waals surface area (Å²) in [6, 6.07) is 16.3. The highest BCUT2D eigenvalue weighted by Gasteiger charge is 2.25. The fraction of sp³-hybridized carbons (Fsp3) is 0.391. The molecule has 0 saturated carbocycles. The lowest BCUT2D eigenvalue weighted by Crippen LogP contribution is -2.50. The van der Waals surface area contributed by atoms with Gasteiger partial charge in [0.25, 0.3) is 5.91 Å². The van der Waals surface area contributed by atoms with Crippen LogP contribution in [-0.2, 0) is 4.79 Å². The summed E-state index contributed by atoms with van der Waals surface area (Å²) in [7, 11) is 0. The molecule has 2 amide bonds. The second-order valence-electron chi connectivity index (χ2n) is 7.01. The third-order valence-electron chi connectivity index (χ3n) is 4.70. The van der Waals surface area contributed by atoms with Crippen molar-refractivity contribution in [1.82, 2.24) is 10.6 Å². The number of ether oxygens (including phenoxy) is 1. The smallest absolute Gasteiger partial charge is 0.251 e.